The van der Waals surface area contributed by atoms with Crippen molar-refractivity contribution >= 4 is 34.4 Å². The summed E-state index contributed by atoms with van der Waals surface area (Å²) in [5.74, 6) is -4.33. The zero-order valence-corrected chi connectivity index (χ0v) is 16.0. The number of benzene rings is 2. The number of aliphatic hydroxyl groups excluding tert-OH is 1. The molecule has 0 saturated carbocycles. The lowest BCUT2D eigenvalue weighted by molar-refractivity contribution is -0.146. The van der Waals surface area contributed by atoms with E-state index >= 15 is 0 Å². The Labute approximate surface area is 170 Å². The molecule has 1 atom stereocenters. The summed E-state index contributed by atoms with van der Waals surface area (Å²) in [6.07, 6.45) is 2.64. The standard InChI is InChI=1S/C23H17NO6/c1-12(25)17(23(29)30)11-24-10-14-9-18(26)21(27)20-15(13-5-3-2-4-6-13)7-8-16(19(14)20)22(24)28/h2-10,17,26H,11H2,1H3,(H,29,30). The summed E-state index contributed by atoms with van der Waals surface area (Å²) < 4.78 is 1.14. The molecular formula is C23H17NO6. The number of carbonyl (C=O) groups excluding carboxylic acids is 2. The van der Waals surface area contributed by atoms with Crippen molar-refractivity contribution in [2.45, 2.75) is 13.5 Å². The second kappa shape index (κ2) is 7.11. The SMILES string of the molecule is CC(=O)C(Cn1cc2c3c(c(-c4ccccc4)ccc3c1=O)C(=O)C(O)=C2)C(=O)O. The maximum absolute atomic E-state index is 13.1. The quantitative estimate of drug-likeness (QED) is 0.633. The van der Waals surface area contributed by atoms with Crippen LogP contribution in [0.4, 0.5) is 0 Å². The normalized spacial score (nSPS) is 13.8. The Morgan fingerprint density at radius 2 is 1.77 bits per heavy atom. The second-order valence-corrected chi connectivity index (χ2v) is 7.18. The minimum atomic E-state index is -1.38. The lowest BCUT2D eigenvalue weighted by Crippen LogP contribution is -2.32. The number of hydrogen-bond acceptors (Lipinski definition) is 5. The van der Waals surface area contributed by atoms with Crippen molar-refractivity contribution in [1.29, 1.82) is 0 Å². The van der Waals surface area contributed by atoms with Gasteiger partial charge in [-0.1, -0.05) is 36.4 Å². The van der Waals surface area contributed by atoms with Crippen molar-refractivity contribution in [3.05, 3.63) is 75.9 Å². The summed E-state index contributed by atoms with van der Waals surface area (Å²) in [6, 6.07) is 12.4. The Bertz CT molecular complexity index is 1300. The summed E-state index contributed by atoms with van der Waals surface area (Å²) in [4.78, 5) is 48.9. The molecule has 1 aliphatic carbocycles. The number of aliphatic hydroxyl groups is 1. The number of carboxylic acids is 1. The van der Waals surface area contributed by atoms with Gasteiger partial charge in [-0.25, -0.2) is 0 Å². The number of allylic oxidation sites excluding steroid dienone is 1. The van der Waals surface area contributed by atoms with Gasteiger partial charge < -0.3 is 14.8 Å². The van der Waals surface area contributed by atoms with Gasteiger partial charge in [-0.2, -0.15) is 0 Å². The highest BCUT2D eigenvalue weighted by Crippen LogP contribution is 2.36. The molecule has 1 aliphatic rings. The minimum Gasteiger partial charge on any atom is -0.504 e. The number of pyridine rings is 1. The first-order valence-electron chi connectivity index (χ1n) is 9.23. The molecule has 0 spiro atoms. The maximum atomic E-state index is 13.1. The van der Waals surface area contributed by atoms with Crippen molar-refractivity contribution in [2.75, 3.05) is 0 Å². The van der Waals surface area contributed by atoms with Gasteiger partial charge in [-0.15, -0.1) is 0 Å². The first-order chi connectivity index (χ1) is 14.3. The molecule has 0 radical (unpaired) electrons. The van der Waals surface area contributed by atoms with Crippen LogP contribution in [0.5, 0.6) is 0 Å². The lowest BCUT2D eigenvalue weighted by Gasteiger charge is -2.20. The second-order valence-electron chi connectivity index (χ2n) is 7.18. The van der Waals surface area contributed by atoms with Crippen LogP contribution in [0, 0.1) is 5.92 Å². The number of aliphatic carboxylic acids is 1. The average molecular weight is 403 g/mol. The number of aromatic nitrogens is 1. The van der Waals surface area contributed by atoms with Crippen LogP contribution in [-0.2, 0) is 16.1 Å². The van der Waals surface area contributed by atoms with Crippen molar-refractivity contribution in [1.82, 2.24) is 4.57 Å². The van der Waals surface area contributed by atoms with Gasteiger partial charge in [0.25, 0.3) is 5.56 Å². The molecule has 150 valence electrons. The highest BCUT2D eigenvalue weighted by atomic mass is 16.4. The molecule has 2 N–H and O–H groups in total. The van der Waals surface area contributed by atoms with Crippen molar-refractivity contribution < 1.29 is 24.6 Å². The molecule has 7 heteroatoms. The first kappa shape index (κ1) is 19.3. The topological polar surface area (TPSA) is 114 Å². The van der Waals surface area contributed by atoms with Crippen LogP contribution in [0.15, 0.2) is 59.2 Å². The third kappa shape index (κ3) is 3.00. The predicted molar refractivity (Wildman–Crippen MR) is 110 cm³/mol. The number of carbonyl (C=O) groups is 3. The van der Waals surface area contributed by atoms with E-state index in [1.54, 1.807) is 12.1 Å². The molecule has 0 saturated heterocycles. The van der Waals surface area contributed by atoms with E-state index in [9.17, 15) is 29.4 Å². The molecule has 1 unspecified atom stereocenters. The Balaban J connectivity index is 2.01. The smallest absolute Gasteiger partial charge is 0.315 e. The minimum absolute atomic E-state index is 0.215. The predicted octanol–water partition coefficient (Wildman–Crippen LogP) is 3.05. The van der Waals surface area contributed by atoms with Crippen LogP contribution in [-0.4, -0.2) is 32.3 Å². The molecule has 0 amide bonds. The number of carboxylic acid groups (broad SMARTS) is 1. The van der Waals surface area contributed by atoms with E-state index in [0.717, 1.165) is 17.1 Å². The van der Waals surface area contributed by atoms with Crippen LogP contribution in [0.25, 0.3) is 28.0 Å². The van der Waals surface area contributed by atoms with Crippen LogP contribution in [0.2, 0.25) is 0 Å². The van der Waals surface area contributed by atoms with Crippen molar-refractivity contribution in [3.8, 4) is 11.1 Å². The molecule has 7 nitrogen and oxygen atoms in total. The van der Waals surface area contributed by atoms with E-state index < -0.39 is 34.8 Å². The van der Waals surface area contributed by atoms with E-state index in [0.29, 0.717) is 16.5 Å². The Hall–Kier alpha value is -4.00. The van der Waals surface area contributed by atoms with Crippen LogP contribution in [0.1, 0.15) is 22.8 Å². The fourth-order valence-electron chi connectivity index (χ4n) is 3.78. The summed E-state index contributed by atoms with van der Waals surface area (Å²) in [5.41, 5.74) is 1.46. The maximum Gasteiger partial charge on any atom is 0.315 e. The van der Waals surface area contributed by atoms with E-state index in [1.807, 2.05) is 30.3 Å². The summed E-state index contributed by atoms with van der Waals surface area (Å²) in [7, 11) is 0. The van der Waals surface area contributed by atoms with Gasteiger partial charge in [-0.05, 0) is 30.2 Å². The van der Waals surface area contributed by atoms with E-state index in [2.05, 4.69) is 0 Å². The number of ketones is 2. The average Bonchev–Trinajstić information content (AvgIpc) is 2.72. The molecule has 0 bridgehead atoms. The fraction of sp³-hybridized carbons (Fsp3) is 0.130. The van der Waals surface area contributed by atoms with Crippen molar-refractivity contribution in [3.63, 3.8) is 0 Å². The molecule has 30 heavy (non-hydrogen) atoms. The summed E-state index contributed by atoms with van der Waals surface area (Å²) in [6.45, 7) is 0.814. The zero-order valence-electron chi connectivity index (χ0n) is 16.0. The largest absolute Gasteiger partial charge is 0.504 e. The van der Waals surface area contributed by atoms with E-state index in [4.69, 9.17) is 0 Å². The highest BCUT2D eigenvalue weighted by Gasteiger charge is 2.29. The van der Waals surface area contributed by atoms with Crippen molar-refractivity contribution in [2.24, 2.45) is 5.92 Å². The molecule has 2 aromatic carbocycles. The van der Waals surface area contributed by atoms with Gasteiger partial charge in [0, 0.05) is 34.6 Å². The molecule has 3 aromatic rings. The lowest BCUT2D eigenvalue weighted by atomic mass is 9.86. The van der Waals surface area contributed by atoms with Gasteiger partial charge in [-0.3, -0.25) is 19.2 Å². The van der Waals surface area contributed by atoms with Gasteiger partial charge in [0.15, 0.2) is 5.76 Å². The molecule has 1 heterocycles. The molecule has 1 aromatic heterocycles. The summed E-state index contributed by atoms with van der Waals surface area (Å²) in [5, 5.41) is 20.2. The third-order valence-corrected chi connectivity index (χ3v) is 5.29. The number of hydrogen-bond donors (Lipinski definition) is 2. The number of rotatable bonds is 5. The highest BCUT2D eigenvalue weighted by molar-refractivity contribution is 6.24. The van der Waals surface area contributed by atoms with E-state index in [1.165, 1.54) is 12.3 Å². The Morgan fingerprint density at radius 1 is 1.07 bits per heavy atom. The first-order valence-corrected chi connectivity index (χ1v) is 9.23. The van der Waals surface area contributed by atoms with Gasteiger partial charge in [0.05, 0.1) is 0 Å². The van der Waals surface area contributed by atoms with Gasteiger partial charge in [0.1, 0.15) is 11.7 Å². The summed E-state index contributed by atoms with van der Waals surface area (Å²) >= 11 is 0. The molecule has 4 rings (SSSR count). The van der Waals surface area contributed by atoms with Crippen LogP contribution in [0.3, 0.4) is 0 Å². The van der Waals surface area contributed by atoms with Gasteiger partial charge in [0.2, 0.25) is 5.78 Å². The molecular weight excluding hydrogens is 386 g/mol. The Kier molecular flexibility index (Phi) is 4.58. The monoisotopic (exact) mass is 403 g/mol. The third-order valence-electron chi connectivity index (χ3n) is 5.29. The number of Topliss-reactive ketones (excluding diaryl/α,β-unsaturated/α-hetero) is 2. The Morgan fingerprint density at radius 3 is 2.40 bits per heavy atom. The zero-order chi connectivity index (χ0) is 21.6. The molecule has 0 fully saturated rings. The number of nitrogens with zero attached hydrogens (tertiary/aromatic N) is 1. The fourth-order valence-corrected chi connectivity index (χ4v) is 3.78. The van der Waals surface area contributed by atoms with Crippen LogP contribution >= 0.6 is 0 Å². The van der Waals surface area contributed by atoms with Crippen LogP contribution < -0.4 is 5.56 Å². The van der Waals surface area contributed by atoms with Gasteiger partial charge >= 0.3 is 5.97 Å². The van der Waals surface area contributed by atoms with E-state index in [-0.39, 0.29) is 17.5 Å². The molecule has 0 aliphatic heterocycles.